The van der Waals surface area contributed by atoms with Crippen molar-refractivity contribution in [3.8, 4) is 0 Å². The van der Waals surface area contributed by atoms with Gasteiger partial charge in [0.05, 0.1) is 5.69 Å². The Bertz CT molecular complexity index is 953. The maximum Gasteiger partial charge on any atom is 0.254 e. The molecule has 1 saturated heterocycles. The minimum Gasteiger partial charge on any atom is -0.336 e. The van der Waals surface area contributed by atoms with Crippen LogP contribution >= 0.6 is 0 Å². The molecule has 0 unspecified atom stereocenters. The number of fused-ring (bicyclic) bond motifs is 1. The Morgan fingerprint density at radius 2 is 1.89 bits per heavy atom. The number of pyridine rings is 1. The lowest BCUT2D eigenvalue weighted by molar-refractivity contribution is 0.0650. The van der Waals surface area contributed by atoms with E-state index in [1.807, 2.05) is 58.9 Å². The Balaban J connectivity index is 1.32. The quantitative estimate of drug-likeness (QED) is 0.718. The first-order valence-electron chi connectivity index (χ1n) is 9.38. The van der Waals surface area contributed by atoms with E-state index in [1.54, 1.807) is 0 Å². The topological polar surface area (TPSA) is 40.9 Å². The van der Waals surface area contributed by atoms with E-state index >= 15 is 0 Å². The van der Waals surface area contributed by atoms with Crippen molar-refractivity contribution in [2.75, 3.05) is 32.7 Å². The molecule has 1 aliphatic rings. The summed E-state index contributed by atoms with van der Waals surface area (Å²) >= 11 is 0. The van der Waals surface area contributed by atoms with Crippen LogP contribution in [0.1, 0.15) is 21.6 Å². The van der Waals surface area contributed by atoms with Gasteiger partial charge in [0, 0.05) is 50.7 Å². The molecule has 0 spiro atoms. The van der Waals surface area contributed by atoms with Crippen molar-refractivity contribution in [3.05, 3.63) is 77.8 Å². The van der Waals surface area contributed by atoms with Crippen LogP contribution in [-0.2, 0) is 0 Å². The Morgan fingerprint density at radius 1 is 1.11 bits per heavy atom. The summed E-state index contributed by atoms with van der Waals surface area (Å²) in [6.07, 6.45) is 8.22. The smallest absolute Gasteiger partial charge is 0.254 e. The van der Waals surface area contributed by atoms with Gasteiger partial charge in [0.25, 0.3) is 5.91 Å². The first kappa shape index (κ1) is 17.5. The number of amides is 1. The van der Waals surface area contributed by atoms with Gasteiger partial charge < -0.3 is 9.30 Å². The lowest BCUT2D eigenvalue weighted by Crippen LogP contribution is -2.48. The van der Waals surface area contributed by atoms with E-state index in [2.05, 4.69) is 34.2 Å². The molecular formula is C22H24N4O. The second kappa shape index (κ2) is 7.76. The van der Waals surface area contributed by atoms with Crippen LogP contribution in [0.2, 0.25) is 0 Å². The zero-order valence-electron chi connectivity index (χ0n) is 15.6. The molecule has 1 aromatic carbocycles. The van der Waals surface area contributed by atoms with Gasteiger partial charge >= 0.3 is 0 Å². The third-order valence-corrected chi connectivity index (χ3v) is 4.96. The van der Waals surface area contributed by atoms with E-state index < -0.39 is 0 Å². The highest BCUT2D eigenvalue weighted by atomic mass is 16.2. The lowest BCUT2D eigenvalue weighted by Gasteiger charge is -2.34. The molecule has 1 aliphatic heterocycles. The molecule has 0 aliphatic carbocycles. The number of imidazole rings is 1. The predicted octanol–water partition coefficient (Wildman–Crippen LogP) is 3.11. The van der Waals surface area contributed by atoms with Crippen molar-refractivity contribution in [1.82, 2.24) is 19.2 Å². The molecule has 0 bridgehead atoms. The number of piperazine rings is 1. The van der Waals surface area contributed by atoms with Crippen LogP contribution in [-0.4, -0.2) is 57.8 Å². The third kappa shape index (κ3) is 4.09. The molecule has 1 fully saturated rings. The Morgan fingerprint density at radius 3 is 2.67 bits per heavy atom. The van der Waals surface area contributed by atoms with Crippen molar-refractivity contribution < 1.29 is 4.79 Å². The second-order valence-corrected chi connectivity index (χ2v) is 6.97. The molecule has 138 valence electrons. The molecule has 4 rings (SSSR count). The van der Waals surface area contributed by atoms with Gasteiger partial charge in [-0.25, -0.2) is 4.98 Å². The summed E-state index contributed by atoms with van der Waals surface area (Å²) in [5, 5.41) is 0. The van der Waals surface area contributed by atoms with Crippen molar-refractivity contribution in [2.45, 2.75) is 6.92 Å². The lowest BCUT2D eigenvalue weighted by atomic mass is 10.2. The number of hydrogen-bond acceptors (Lipinski definition) is 3. The molecule has 0 atom stereocenters. The van der Waals surface area contributed by atoms with Crippen LogP contribution in [0.15, 0.2) is 60.9 Å². The molecular weight excluding hydrogens is 336 g/mol. The Labute approximate surface area is 159 Å². The monoisotopic (exact) mass is 360 g/mol. The molecule has 3 heterocycles. The molecule has 27 heavy (non-hydrogen) atoms. The summed E-state index contributed by atoms with van der Waals surface area (Å²) in [5.74, 6) is 0.0950. The number of aromatic nitrogens is 2. The highest BCUT2D eigenvalue weighted by molar-refractivity contribution is 5.95. The molecule has 0 saturated carbocycles. The molecule has 5 nitrogen and oxygen atoms in total. The highest BCUT2D eigenvalue weighted by Gasteiger charge is 2.21. The van der Waals surface area contributed by atoms with Gasteiger partial charge in [-0.3, -0.25) is 9.69 Å². The summed E-state index contributed by atoms with van der Waals surface area (Å²) in [6, 6.07) is 14.1. The maximum atomic E-state index is 12.8. The number of benzene rings is 1. The SMILES string of the molecule is Cc1cn2ccc(C(=O)N3CCN(C/C=C/c4ccccc4)CC3)cc2n1. The van der Waals surface area contributed by atoms with Crippen molar-refractivity contribution in [1.29, 1.82) is 0 Å². The summed E-state index contributed by atoms with van der Waals surface area (Å²) in [5.41, 5.74) is 3.71. The first-order chi connectivity index (χ1) is 13.2. The average molecular weight is 360 g/mol. The summed E-state index contributed by atoms with van der Waals surface area (Å²) < 4.78 is 1.95. The normalized spacial score (nSPS) is 15.7. The van der Waals surface area contributed by atoms with Crippen LogP contribution in [0.4, 0.5) is 0 Å². The standard InChI is InChI=1S/C22H24N4O/c1-18-17-26-11-9-20(16-21(26)23-18)22(27)25-14-12-24(13-15-25)10-5-8-19-6-3-2-4-7-19/h2-9,11,16-17H,10,12-15H2,1H3/b8-5+. The largest absolute Gasteiger partial charge is 0.336 e. The second-order valence-electron chi connectivity index (χ2n) is 6.97. The van der Waals surface area contributed by atoms with Crippen LogP contribution in [0, 0.1) is 6.92 Å². The van der Waals surface area contributed by atoms with E-state index in [9.17, 15) is 4.79 Å². The van der Waals surface area contributed by atoms with Crippen molar-refractivity contribution >= 4 is 17.6 Å². The van der Waals surface area contributed by atoms with Gasteiger partial charge in [0.2, 0.25) is 0 Å². The van der Waals surface area contributed by atoms with Crippen LogP contribution < -0.4 is 0 Å². The van der Waals surface area contributed by atoms with Gasteiger partial charge in [0.1, 0.15) is 5.65 Å². The molecule has 2 aromatic heterocycles. The summed E-state index contributed by atoms with van der Waals surface area (Å²) in [7, 11) is 0. The zero-order valence-corrected chi connectivity index (χ0v) is 15.6. The van der Waals surface area contributed by atoms with Gasteiger partial charge in [-0.2, -0.15) is 0 Å². The molecule has 0 radical (unpaired) electrons. The Hall–Kier alpha value is -2.92. The Kier molecular flexibility index (Phi) is 5.03. The van der Waals surface area contributed by atoms with E-state index in [0.29, 0.717) is 5.56 Å². The highest BCUT2D eigenvalue weighted by Crippen LogP contribution is 2.12. The molecule has 3 aromatic rings. The minimum atomic E-state index is 0.0950. The fourth-order valence-corrected chi connectivity index (χ4v) is 3.46. The van der Waals surface area contributed by atoms with E-state index in [0.717, 1.165) is 44.1 Å². The number of carbonyl (C=O) groups excluding carboxylic acids is 1. The number of carbonyl (C=O) groups is 1. The fourth-order valence-electron chi connectivity index (χ4n) is 3.46. The van der Waals surface area contributed by atoms with Crippen LogP contribution in [0.3, 0.4) is 0 Å². The number of aryl methyl sites for hydroxylation is 1. The average Bonchev–Trinajstić information content (AvgIpc) is 3.08. The summed E-state index contributed by atoms with van der Waals surface area (Å²) in [6.45, 7) is 6.19. The van der Waals surface area contributed by atoms with Crippen molar-refractivity contribution in [3.63, 3.8) is 0 Å². The van der Waals surface area contributed by atoms with Crippen LogP contribution in [0.25, 0.3) is 11.7 Å². The molecule has 5 heteroatoms. The van der Waals surface area contributed by atoms with E-state index in [-0.39, 0.29) is 5.91 Å². The fraction of sp³-hybridized carbons (Fsp3) is 0.273. The van der Waals surface area contributed by atoms with E-state index in [1.165, 1.54) is 5.56 Å². The maximum absolute atomic E-state index is 12.8. The van der Waals surface area contributed by atoms with Crippen molar-refractivity contribution in [2.24, 2.45) is 0 Å². The van der Waals surface area contributed by atoms with Gasteiger partial charge in [0.15, 0.2) is 0 Å². The number of nitrogens with zero attached hydrogens (tertiary/aromatic N) is 4. The predicted molar refractivity (Wildman–Crippen MR) is 108 cm³/mol. The first-order valence-corrected chi connectivity index (χ1v) is 9.38. The number of rotatable bonds is 4. The zero-order chi connectivity index (χ0) is 18.6. The number of hydrogen-bond donors (Lipinski definition) is 0. The minimum absolute atomic E-state index is 0.0950. The van der Waals surface area contributed by atoms with E-state index in [4.69, 9.17) is 0 Å². The molecule has 1 amide bonds. The third-order valence-electron chi connectivity index (χ3n) is 4.96. The van der Waals surface area contributed by atoms with Crippen LogP contribution in [0.5, 0.6) is 0 Å². The van der Waals surface area contributed by atoms with Gasteiger partial charge in [-0.1, -0.05) is 42.5 Å². The molecule has 0 N–H and O–H groups in total. The van der Waals surface area contributed by atoms with Gasteiger partial charge in [-0.15, -0.1) is 0 Å². The van der Waals surface area contributed by atoms with Gasteiger partial charge in [-0.05, 0) is 24.6 Å². The summed E-state index contributed by atoms with van der Waals surface area (Å²) in [4.78, 5) is 21.6.